The van der Waals surface area contributed by atoms with Crippen molar-refractivity contribution in [2.24, 2.45) is 4.99 Å². The number of halogens is 2. The van der Waals surface area contributed by atoms with Crippen molar-refractivity contribution in [1.82, 2.24) is 0 Å². The minimum Gasteiger partial charge on any atom is -0.508 e. The maximum Gasteiger partial charge on any atom is 0.166 e. The molecule has 3 aromatic rings. The Kier molecular flexibility index (Phi) is 6.60. The Morgan fingerprint density at radius 2 is 1.93 bits per heavy atom. The first-order chi connectivity index (χ1) is 13.4. The first kappa shape index (κ1) is 20.2. The van der Waals surface area contributed by atoms with Gasteiger partial charge in [-0.05, 0) is 61.4 Å². The van der Waals surface area contributed by atoms with Crippen LogP contribution in [0.2, 0.25) is 5.02 Å². The van der Waals surface area contributed by atoms with Crippen molar-refractivity contribution in [2.45, 2.75) is 25.3 Å². The molecule has 0 aliphatic heterocycles. The van der Waals surface area contributed by atoms with Gasteiger partial charge >= 0.3 is 0 Å². The summed E-state index contributed by atoms with van der Waals surface area (Å²) < 4.78 is 13.5. The number of anilines is 1. The van der Waals surface area contributed by atoms with E-state index in [1.54, 1.807) is 24.3 Å². The Morgan fingerprint density at radius 3 is 2.64 bits per heavy atom. The quantitative estimate of drug-likeness (QED) is 0.288. The largest absolute Gasteiger partial charge is 0.508 e. The van der Waals surface area contributed by atoms with Gasteiger partial charge in [-0.25, -0.2) is 4.39 Å². The number of benzene rings is 3. The number of aliphatic imine (C=N–C) groups is 1. The van der Waals surface area contributed by atoms with Crippen LogP contribution in [0.4, 0.5) is 10.1 Å². The number of amidine groups is 1. The maximum absolute atomic E-state index is 13.5. The third-order valence-electron chi connectivity index (χ3n) is 4.02. The van der Waals surface area contributed by atoms with Gasteiger partial charge < -0.3 is 10.4 Å². The molecule has 0 heterocycles. The molecule has 0 aliphatic rings. The number of nitrogens with zero attached hydrogens (tertiary/aromatic N) is 1. The van der Waals surface area contributed by atoms with Gasteiger partial charge in [-0.1, -0.05) is 53.2 Å². The number of aromatic hydroxyl groups is 1. The Bertz CT molecular complexity index is 1020. The van der Waals surface area contributed by atoms with E-state index in [1.807, 2.05) is 6.07 Å². The number of hydrogen-bond donors (Lipinski definition) is 2. The lowest BCUT2D eigenvalue weighted by Gasteiger charge is -2.12. The summed E-state index contributed by atoms with van der Waals surface area (Å²) in [7, 11) is 0. The minimum atomic E-state index is -0.465. The van der Waals surface area contributed by atoms with Crippen molar-refractivity contribution >= 4 is 34.2 Å². The van der Waals surface area contributed by atoms with E-state index in [0.29, 0.717) is 17.4 Å². The minimum absolute atomic E-state index is 0.0499. The Hall–Kier alpha value is -2.50. The Balaban J connectivity index is 1.87. The smallest absolute Gasteiger partial charge is 0.166 e. The fraction of sp³-hybridized carbons (Fsp3) is 0.136. The second-order valence-corrected chi connectivity index (χ2v) is 7.85. The fourth-order valence-electron chi connectivity index (χ4n) is 2.63. The first-order valence-corrected chi connectivity index (χ1v) is 9.90. The third kappa shape index (κ3) is 5.50. The zero-order valence-corrected chi connectivity index (χ0v) is 17.1. The number of phenols is 1. The summed E-state index contributed by atoms with van der Waals surface area (Å²) in [5.41, 5.74) is 3.88. The second-order valence-electron chi connectivity index (χ2n) is 6.42. The molecule has 28 heavy (non-hydrogen) atoms. The molecule has 0 saturated heterocycles. The number of hydrogen-bond acceptors (Lipinski definition) is 3. The summed E-state index contributed by atoms with van der Waals surface area (Å²) in [4.78, 5) is 5.73. The zero-order valence-electron chi connectivity index (χ0n) is 15.5. The highest BCUT2D eigenvalue weighted by molar-refractivity contribution is 8.14. The summed E-state index contributed by atoms with van der Waals surface area (Å²) in [6, 6.07) is 17.7. The van der Waals surface area contributed by atoms with Gasteiger partial charge in [-0.15, -0.1) is 0 Å². The number of nitrogens with one attached hydrogen (secondary N) is 1. The molecule has 0 atom stereocenters. The molecular formula is C22H20ClFN2OS. The molecule has 0 saturated carbocycles. The second kappa shape index (κ2) is 9.13. The number of phenolic OH excluding ortho intramolecular Hbond substituents is 1. The van der Waals surface area contributed by atoms with Crippen LogP contribution in [0.5, 0.6) is 5.75 Å². The van der Waals surface area contributed by atoms with E-state index in [2.05, 4.69) is 42.4 Å². The molecule has 0 bridgehead atoms. The summed E-state index contributed by atoms with van der Waals surface area (Å²) in [6.07, 6.45) is 0. The van der Waals surface area contributed by atoms with Gasteiger partial charge in [0.25, 0.3) is 0 Å². The molecular weight excluding hydrogens is 395 g/mol. The van der Waals surface area contributed by atoms with Gasteiger partial charge in [0.1, 0.15) is 11.6 Å². The zero-order chi connectivity index (χ0) is 20.1. The maximum atomic E-state index is 13.5. The van der Waals surface area contributed by atoms with E-state index in [1.165, 1.54) is 29.5 Å². The molecule has 0 amide bonds. The van der Waals surface area contributed by atoms with Crippen LogP contribution >= 0.6 is 23.4 Å². The Morgan fingerprint density at radius 1 is 1.11 bits per heavy atom. The summed E-state index contributed by atoms with van der Waals surface area (Å²) >= 11 is 7.39. The van der Waals surface area contributed by atoms with Crippen molar-refractivity contribution in [3.8, 4) is 5.75 Å². The van der Waals surface area contributed by atoms with Crippen LogP contribution in [0, 0.1) is 19.7 Å². The summed E-state index contributed by atoms with van der Waals surface area (Å²) in [5.74, 6) is -0.262. The van der Waals surface area contributed by atoms with E-state index < -0.39 is 5.82 Å². The molecule has 3 rings (SSSR count). The molecule has 3 aromatic carbocycles. The van der Waals surface area contributed by atoms with Gasteiger partial charge in [-0.2, -0.15) is 0 Å². The topological polar surface area (TPSA) is 44.6 Å². The predicted octanol–water partition coefficient (Wildman–Crippen LogP) is 6.56. The highest BCUT2D eigenvalue weighted by Gasteiger charge is 2.09. The van der Waals surface area contributed by atoms with Crippen molar-refractivity contribution < 1.29 is 9.50 Å². The lowest BCUT2D eigenvalue weighted by atomic mass is 10.2. The number of thioether (sulfide) groups is 1. The molecule has 0 fully saturated rings. The monoisotopic (exact) mass is 414 g/mol. The molecule has 2 N–H and O–H groups in total. The lowest BCUT2D eigenvalue weighted by Crippen LogP contribution is -2.09. The molecule has 3 nitrogen and oxygen atoms in total. The SMILES string of the molecule is Cc1ccc(SC(=NCc2cccc(O)c2)Nc2ccc(F)c(Cl)c2)c(C)c1. The van der Waals surface area contributed by atoms with Crippen LogP contribution < -0.4 is 5.32 Å². The average molecular weight is 415 g/mol. The molecule has 6 heteroatoms. The average Bonchev–Trinajstić information content (AvgIpc) is 2.65. The third-order valence-corrected chi connectivity index (χ3v) is 5.42. The fourth-order valence-corrected chi connectivity index (χ4v) is 3.67. The normalized spacial score (nSPS) is 11.5. The predicted molar refractivity (Wildman–Crippen MR) is 116 cm³/mol. The van der Waals surface area contributed by atoms with Gasteiger partial charge in [0.05, 0.1) is 11.6 Å². The Labute approximate surface area is 173 Å². The van der Waals surface area contributed by atoms with Gasteiger partial charge in [0.15, 0.2) is 5.17 Å². The first-order valence-electron chi connectivity index (χ1n) is 8.70. The van der Waals surface area contributed by atoms with Gasteiger partial charge in [0.2, 0.25) is 0 Å². The van der Waals surface area contributed by atoms with Crippen LogP contribution in [0.15, 0.2) is 70.6 Å². The van der Waals surface area contributed by atoms with Crippen molar-refractivity contribution in [3.05, 3.63) is 88.2 Å². The van der Waals surface area contributed by atoms with Crippen LogP contribution in [-0.4, -0.2) is 10.3 Å². The molecule has 0 radical (unpaired) electrons. The van der Waals surface area contributed by atoms with Gasteiger partial charge in [-0.3, -0.25) is 4.99 Å². The van der Waals surface area contributed by atoms with E-state index in [0.717, 1.165) is 16.0 Å². The van der Waals surface area contributed by atoms with Crippen LogP contribution in [-0.2, 0) is 6.54 Å². The van der Waals surface area contributed by atoms with Crippen LogP contribution in [0.3, 0.4) is 0 Å². The number of aryl methyl sites for hydroxylation is 2. The summed E-state index contributed by atoms with van der Waals surface area (Å²) in [6.45, 7) is 4.50. The van der Waals surface area contributed by atoms with E-state index in [-0.39, 0.29) is 10.8 Å². The summed E-state index contributed by atoms with van der Waals surface area (Å²) in [5, 5.41) is 13.6. The molecule has 0 spiro atoms. The number of rotatable bonds is 4. The van der Waals surface area contributed by atoms with Crippen LogP contribution in [0.1, 0.15) is 16.7 Å². The van der Waals surface area contributed by atoms with E-state index >= 15 is 0 Å². The van der Waals surface area contributed by atoms with E-state index in [4.69, 9.17) is 11.6 Å². The molecule has 0 aliphatic carbocycles. The van der Waals surface area contributed by atoms with E-state index in [9.17, 15) is 9.50 Å². The highest BCUT2D eigenvalue weighted by Crippen LogP contribution is 2.27. The van der Waals surface area contributed by atoms with Gasteiger partial charge in [0, 0.05) is 10.6 Å². The highest BCUT2D eigenvalue weighted by atomic mass is 35.5. The molecule has 0 unspecified atom stereocenters. The van der Waals surface area contributed by atoms with Crippen molar-refractivity contribution in [2.75, 3.05) is 5.32 Å². The lowest BCUT2D eigenvalue weighted by molar-refractivity contribution is 0.474. The van der Waals surface area contributed by atoms with Crippen LogP contribution in [0.25, 0.3) is 0 Å². The standard InChI is InChI=1S/C22H20ClFN2OS/c1-14-6-9-21(15(2)10-14)28-22(25-13-16-4-3-5-18(27)11-16)26-17-7-8-20(24)19(23)12-17/h3-12,27H,13H2,1-2H3,(H,25,26). The van der Waals surface area contributed by atoms with Crippen molar-refractivity contribution in [3.63, 3.8) is 0 Å². The molecule has 144 valence electrons. The molecule has 0 aromatic heterocycles. The van der Waals surface area contributed by atoms with Crippen molar-refractivity contribution in [1.29, 1.82) is 0 Å².